The third-order valence-electron chi connectivity index (χ3n) is 4.26. The lowest BCUT2D eigenvalue weighted by Gasteiger charge is -2.26. The lowest BCUT2D eigenvalue weighted by atomic mass is 10.0. The quantitative estimate of drug-likeness (QED) is 0.445. The van der Waals surface area contributed by atoms with E-state index in [-0.39, 0.29) is 22.8 Å². The number of carbonyl (C=O) groups excluding carboxylic acids is 3. The number of nitrogens with zero attached hydrogens (tertiary/aromatic N) is 1. The Morgan fingerprint density at radius 2 is 1.90 bits per heavy atom. The Balaban J connectivity index is 2.06. The number of aromatic hydroxyl groups is 1. The van der Waals surface area contributed by atoms with E-state index >= 15 is 0 Å². The van der Waals surface area contributed by atoms with Gasteiger partial charge >= 0.3 is 6.03 Å². The summed E-state index contributed by atoms with van der Waals surface area (Å²) in [5.74, 6) is -1.46. The molecule has 0 aromatic heterocycles. The number of amides is 4. The maximum atomic E-state index is 12.9. The number of benzene rings is 2. The first kappa shape index (κ1) is 20.2. The molecule has 0 bridgehead atoms. The number of ether oxygens (including phenoxy) is 1. The molecule has 29 heavy (non-hydrogen) atoms. The molecular weight excluding hydrogens is 396 g/mol. The first-order valence-electron chi connectivity index (χ1n) is 8.53. The molecule has 148 valence electrons. The maximum Gasteiger partial charge on any atom is 0.335 e. The molecule has 2 aromatic carbocycles. The number of allylic oxidation sites excluding steroid dienone is 1. The Labute approximate surface area is 171 Å². The van der Waals surface area contributed by atoms with Crippen molar-refractivity contribution in [2.24, 2.45) is 0 Å². The molecule has 8 heteroatoms. The number of anilines is 1. The molecular formula is C21H17ClN2O5. The van der Waals surface area contributed by atoms with Crippen molar-refractivity contribution in [3.05, 3.63) is 70.8 Å². The van der Waals surface area contributed by atoms with Crippen LogP contribution in [0.2, 0.25) is 5.02 Å². The Bertz CT molecular complexity index is 1040. The monoisotopic (exact) mass is 412 g/mol. The minimum atomic E-state index is -0.852. The van der Waals surface area contributed by atoms with E-state index in [1.165, 1.54) is 43.5 Å². The summed E-state index contributed by atoms with van der Waals surface area (Å²) in [6, 6.07) is 8.30. The number of hydrogen-bond acceptors (Lipinski definition) is 5. The zero-order valence-corrected chi connectivity index (χ0v) is 16.2. The Kier molecular flexibility index (Phi) is 5.70. The summed E-state index contributed by atoms with van der Waals surface area (Å²) in [5, 5.41) is 12.8. The molecule has 2 N–H and O–H groups in total. The van der Waals surface area contributed by atoms with Crippen LogP contribution in [0.1, 0.15) is 11.1 Å². The average molecular weight is 413 g/mol. The molecule has 1 heterocycles. The van der Waals surface area contributed by atoms with Crippen LogP contribution in [0.15, 0.2) is 54.6 Å². The molecule has 1 aliphatic heterocycles. The number of barbiturate groups is 1. The van der Waals surface area contributed by atoms with Crippen LogP contribution in [-0.2, 0) is 16.0 Å². The number of rotatable bonds is 5. The van der Waals surface area contributed by atoms with Crippen LogP contribution in [-0.4, -0.2) is 30.1 Å². The minimum absolute atomic E-state index is 0.0491. The number of carbonyl (C=O) groups is 3. The van der Waals surface area contributed by atoms with E-state index in [1.807, 2.05) is 0 Å². The van der Waals surface area contributed by atoms with Crippen molar-refractivity contribution in [3.8, 4) is 11.5 Å². The number of methoxy groups -OCH3 is 1. The lowest BCUT2D eigenvalue weighted by molar-refractivity contribution is -0.122. The van der Waals surface area contributed by atoms with E-state index in [4.69, 9.17) is 16.3 Å². The van der Waals surface area contributed by atoms with Gasteiger partial charge in [0.1, 0.15) is 5.57 Å². The predicted octanol–water partition coefficient (Wildman–Crippen LogP) is 3.45. The van der Waals surface area contributed by atoms with Gasteiger partial charge < -0.3 is 9.84 Å². The van der Waals surface area contributed by atoms with Crippen LogP contribution in [0.3, 0.4) is 0 Å². The van der Waals surface area contributed by atoms with Crippen molar-refractivity contribution >= 4 is 41.2 Å². The number of phenols is 1. The van der Waals surface area contributed by atoms with Crippen LogP contribution in [0.25, 0.3) is 6.08 Å². The van der Waals surface area contributed by atoms with Crippen molar-refractivity contribution in [1.82, 2.24) is 5.32 Å². The predicted molar refractivity (Wildman–Crippen MR) is 109 cm³/mol. The van der Waals surface area contributed by atoms with Gasteiger partial charge in [0, 0.05) is 10.6 Å². The molecule has 0 spiro atoms. The molecule has 1 fully saturated rings. The van der Waals surface area contributed by atoms with Gasteiger partial charge in [-0.05, 0) is 54.5 Å². The van der Waals surface area contributed by atoms with Crippen LogP contribution in [0.4, 0.5) is 10.5 Å². The van der Waals surface area contributed by atoms with E-state index in [0.717, 1.165) is 4.90 Å². The first-order chi connectivity index (χ1) is 13.8. The Morgan fingerprint density at radius 3 is 2.52 bits per heavy atom. The third-order valence-corrected chi connectivity index (χ3v) is 4.51. The van der Waals surface area contributed by atoms with Gasteiger partial charge in [0.15, 0.2) is 11.5 Å². The van der Waals surface area contributed by atoms with E-state index in [2.05, 4.69) is 11.9 Å². The maximum absolute atomic E-state index is 12.9. The van der Waals surface area contributed by atoms with Crippen molar-refractivity contribution in [2.75, 3.05) is 12.0 Å². The molecule has 0 aliphatic carbocycles. The topological polar surface area (TPSA) is 95.9 Å². The summed E-state index contributed by atoms with van der Waals surface area (Å²) in [4.78, 5) is 38.3. The van der Waals surface area contributed by atoms with Gasteiger partial charge in [-0.25, -0.2) is 9.69 Å². The highest BCUT2D eigenvalue weighted by Crippen LogP contribution is 2.33. The summed E-state index contributed by atoms with van der Waals surface area (Å²) in [6.45, 7) is 3.64. The van der Waals surface area contributed by atoms with E-state index in [9.17, 15) is 19.5 Å². The Morgan fingerprint density at radius 1 is 1.21 bits per heavy atom. The number of halogens is 1. The van der Waals surface area contributed by atoms with Gasteiger partial charge in [-0.1, -0.05) is 17.7 Å². The molecule has 1 saturated heterocycles. The SMILES string of the molecule is C=CCc1cc(C=C2C(=O)NC(=O)N(c3ccc(Cl)cc3)C2=O)cc(OC)c1O. The highest BCUT2D eigenvalue weighted by molar-refractivity contribution is 6.39. The molecule has 0 atom stereocenters. The number of nitrogens with one attached hydrogen (secondary N) is 1. The fourth-order valence-corrected chi connectivity index (χ4v) is 3.01. The van der Waals surface area contributed by atoms with Crippen LogP contribution in [0, 0.1) is 0 Å². The molecule has 1 aliphatic rings. The van der Waals surface area contributed by atoms with Crippen molar-refractivity contribution in [3.63, 3.8) is 0 Å². The van der Waals surface area contributed by atoms with Crippen LogP contribution in [0.5, 0.6) is 11.5 Å². The van der Waals surface area contributed by atoms with Crippen LogP contribution >= 0.6 is 11.6 Å². The fraction of sp³-hybridized carbons (Fsp3) is 0.0952. The van der Waals surface area contributed by atoms with Crippen molar-refractivity contribution < 1.29 is 24.2 Å². The third kappa shape index (κ3) is 4.00. The molecule has 0 saturated carbocycles. The van der Waals surface area contributed by atoms with Crippen LogP contribution < -0.4 is 15.0 Å². The van der Waals surface area contributed by atoms with E-state index < -0.39 is 17.8 Å². The second-order valence-electron chi connectivity index (χ2n) is 6.16. The normalized spacial score (nSPS) is 15.4. The summed E-state index contributed by atoms with van der Waals surface area (Å²) >= 11 is 5.86. The second kappa shape index (κ2) is 8.20. The van der Waals surface area contributed by atoms with Gasteiger partial charge in [0.25, 0.3) is 11.8 Å². The van der Waals surface area contributed by atoms with Gasteiger partial charge in [-0.2, -0.15) is 0 Å². The average Bonchev–Trinajstić information content (AvgIpc) is 2.68. The largest absolute Gasteiger partial charge is 0.504 e. The van der Waals surface area contributed by atoms with E-state index in [0.29, 0.717) is 22.6 Å². The summed E-state index contributed by atoms with van der Waals surface area (Å²) in [5.41, 5.74) is 0.990. The second-order valence-corrected chi connectivity index (χ2v) is 6.59. The first-order valence-corrected chi connectivity index (χ1v) is 8.91. The molecule has 2 aromatic rings. The molecule has 0 unspecified atom stereocenters. The molecule has 0 radical (unpaired) electrons. The number of urea groups is 1. The lowest BCUT2D eigenvalue weighted by Crippen LogP contribution is -2.54. The molecule has 7 nitrogen and oxygen atoms in total. The highest BCUT2D eigenvalue weighted by atomic mass is 35.5. The van der Waals surface area contributed by atoms with Gasteiger partial charge in [-0.15, -0.1) is 6.58 Å². The summed E-state index contributed by atoms with van der Waals surface area (Å²) < 4.78 is 5.16. The molecule has 3 rings (SSSR count). The van der Waals surface area contributed by atoms with Crippen molar-refractivity contribution in [1.29, 1.82) is 0 Å². The van der Waals surface area contributed by atoms with E-state index in [1.54, 1.807) is 12.1 Å². The summed E-state index contributed by atoms with van der Waals surface area (Å²) in [6.07, 6.45) is 3.29. The van der Waals surface area contributed by atoms with Crippen molar-refractivity contribution in [2.45, 2.75) is 6.42 Å². The smallest absolute Gasteiger partial charge is 0.335 e. The van der Waals surface area contributed by atoms with Gasteiger partial charge in [0.2, 0.25) is 0 Å². The summed E-state index contributed by atoms with van der Waals surface area (Å²) in [7, 11) is 1.39. The zero-order chi connectivity index (χ0) is 21.1. The highest BCUT2D eigenvalue weighted by Gasteiger charge is 2.36. The minimum Gasteiger partial charge on any atom is -0.504 e. The zero-order valence-electron chi connectivity index (χ0n) is 15.4. The van der Waals surface area contributed by atoms with Gasteiger partial charge in [0.05, 0.1) is 12.8 Å². The number of hydrogen-bond donors (Lipinski definition) is 2. The molecule has 4 amide bonds. The fourth-order valence-electron chi connectivity index (χ4n) is 2.89. The standard InChI is InChI=1S/C21H17ClN2O5/c1-3-4-13-9-12(11-17(29-2)18(13)25)10-16-19(26)23-21(28)24(20(16)27)15-7-5-14(22)6-8-15/h3,5-11,25H,1,4H2,2H3,(H,23,26,28). The van der Waals surface area contributed by atoms with Gasteiger partial charge in [-0.3, -0.25) is 14.9 Å². The Hall–Kier alpha value is -3.58. The number of imide groups is 2. The number of phenolic OH excluding ortho intramolecular Hbond substituents is 1.